The summed E-state index contributed by atoms with van der Waals surface area (Å²) in [4.78, 5) is 41.0. The lowest BCUT2D eigenvalue weighted by Gasteiger charge is -2.23. The molecule has 4 aromatic heterocycles. The maximum absolute atomic E-state index is 10.4. The number of ether oxygens (including phenoxy) is 2. The lowest BCUT2D eigenvalue weighted by molar-refractivity contribution is -0.385. The minimum atomic E-state index is -0.405. The molecule has 0 spiro atoms. The number of hydrogen-bond donors (Lipinski definition) is 1. The SMILES string of the molecule is N#Cc1cc(-c2ccnc(Cc3ccc(Cn4ccnc4)cc3)n2)ccc1OC1CCOCC1.Nc1ccc(Cn2ccnc2)cc1.O=[N+]([O-])c1ccc(CBr)cc1.O=[N+]([O-])c1ccc(Cn2ccnc2)cc1. The monoisotopic (exact) mass is 1040 g/mol. The second kappa shape index (κ2) is 26.9. The van der Waals surface area contributed by atoms with Crippen LogP contribution in [0.5, 0.6) is 5.75 Å². The molecule has 9 aromatic rings. The molecular formula is C54H51BrN12O6. The number of nitriles is 1. The van der Waals surface area contributed by atoms with E-state index in [0.717, 1.165) is 70.7 Å². The molecule has 1 aliphatic rings. The van der Waals surface area contributed by atoms with Crippen molar-refractivity contribution in [1.29, 1.82) is 5.26 Å². The molecule has 5 aromatic carbocycles. The molecule has 18 nitrogen and oxygen atoms in total. The van der Waals surface area contributed by atoms with Crippen LogP contribution >= 0.6 is 15.9 Å². The van der Waals surface area contributed by atoms with Crippen LogP contribution in [0.4, 0.5) is 17.1 Å². The first-order valence-electron chi connectivity index (χ1n) is 23.0. The number of hydrogen-bond acceptors (Lipinski definition) is 13. The zero-order chi connectivity index (χ0) is 51.2. The van der Waals surface area contributed by atoms with Crippen LogP contribution in [0.2, 0.25) is 0 Å². The third-order valence-electron chi connectivity index (χ3n) is 11.1. The summed E-state index contributed by atoms with van der Waals surface area (Å²) in [6.07, 6.45) is 20.5. The summed E-state index contributed by atoms with van der Waals surface area (Å²) in [6.45, 7) is 3.71. The fourth-order valence-electron chi connectivity index (χ4n) is 7.27. The second-order valence-electron chi connectivity index (χ2n) is 16.5. The van der Waals surface area contributed by atoms with E-state index >= 15 is 0 Å². The fraction of sp³-hybridized carbons (Fsp3) is 0.185. The van der Waals surface area contributed by atoms with Crippen LogP contribution in [0.3, 0.4) is 0 Å². The molecule has 0 aliphatic carbocycles. The Kier molecular flexibility index (Phi) is 19.2. The highest BCUT2D eigenvalue weighted by Crippen LogP contribution is 2.28. The van der Waals surface area contributed by atoms with Gasteiger partial charge < -0.3 is 28.9 Å². The van der Waals surface area contributed by atoms with Crippen LogP contribution in [0, 0.1) is 31.6 Å². The normalized spacial score (nSPS) is 11.8. The molecule has 0 radical (unpaired) electrons. The number of nitrogens with zero attached hydrogens (tertiary/aromatic N) is 11. The average Bonchev–Trinajstić information content (AvgIpc) is 4.26. The molecule has 19 heteroatoms. The van der Waals surface area contributed by atoms with Gasteiger partial charge in [-0.3, -0.25) is 20.2 Å². The number of alkyl halides is 1. The van der Waals surface area contributed by atoms with E-state index in [1.165, 1.54) is 35.4 Å². The highest BCUT2D eigenvalue weighted by Gasteiger charge is 2.18. The van der Waals surface area contributed by atoms with Gasteiger partial charge >= 0.3 is 0 Å². The van der Waals surface area contributed by atoms with Crippen molar-refractivity contribution in [2.45, 2.75) is 50.3 Å². The smallest absolute Gasteiger partial charge is 0.269 e. The molecule has 370 valence electrons. The molecule has 10 rings (SSSR count). The van der Waals surface area contributed by atoms with E-state index in [9.17, 15) is 25.5 Å². The second-order valence-corrected chi connectivity index (χ2v) is 17.1. The van der Waals surface area contributed by atoms with E-state index in [0.29, 0.717) is 37.5 Å². The number of anilines is 1. The maximum atomic E-state index is 10.4. The molecular weight excluding hydrogens is 993 g/mol. The Morgan fingerprint density at radius 3 is 1.60 bits per heavy atom. The lowest BCUT2D eigenvalue weighted by Crippen LogP contribution is -2.26. The van der Waals surface area contributed by atoms with Gasteiger partial charge in [-0.25, -0.2) is 24.9 Å². The largest absolute Gasteiger partial charge is 0.489 e. The van der Waals surface area contributed by atoms with E-state index < -0.39 is 9.85 Å². The van der Waals surface area contributed by atoms with Crippen molar-refractivity contribution < 1.29 is 19.3 Å². The minimum Gasteiger partial charge on any atom is -0.489 e. The molecule has 0 bridgehead atoms. The molecule has 1 fully saturated rings. The summed E-state index contributed by atoms with van der Waals surface area (Å²) in [5.41, 5.74) is 14.4. The Balaban J connectivity index is 0.000000164. The van der Waals surface area contributed by atoms with Gasteiger partial charge in [-0.2, -0.15) is 5.26 Å². The number of non-ortho nitro benzene ring substituents is 2. The van der Waals surface area contributed by atoms with Gasteiger partial charge in [0.2, 0.25) is 0 Å². The summed E-state index contributed by atoms with van der Waals surface area (Å²) in [5, 5.41) is 31.0. The van der Waals surface area contributed by atoms with Gasteiger partial charge in [0.25, 0.3) is 11.4 Å². The first-order valence-corrected chi connectivity index (χ1v) is 24.2. The number of aromatic nitrogens is 8. The number of imidazole rings is 3. The lowest BCUT2D eigenvalue weighted by atomic mass is 10.1. The summed E-state index contributed by atoms with van der Waals surface area (Å²) in [6, 6.07) is 39.1. The van der Waals surface area contributed by atoms with Crippen molar-refractivity contribution in [1.82, 2.24) is 38.6 Å². The topological polar surface area (TPSA) is 234 Å². The molecule has 1 aliphatic heterocycles. The van der Waals surface area contributed by atoms with Gasteiger partial charge in [-0.15, -0.1) is 0 Å². The number of nitro groups is 2. The van der Waals surface area contributed by atoms with E-state index in [4.69, 9.17) is 20.2 Å². The Hall–Kier alpha value is -8.86. The number of nitro benzene ring substituents is 2. The predicted octanol–water partition coefficient (Wildman–Crippen LogP) is 10.3. The first kappa shape index (κ1) is 52.0. The van der Waals surface area contributed by atoms with Gasteiger partial charge in [0, 0.05) is 123 Å². The molecule has 0 saturated carbocycles. The van der Waals surface area contributed by atoms with Crippen LogP contribution in [-0.2, 0) is 36.1 Å². The van der Waals surface area contributed by atoms with Crippen molar-refractivity contribution in [3.05, 3.63) is 243 Å². The van der Waals surface area contributed by atoms with Gasteiger partial charge in [0.1, 0.15) is 23.7 Å². The zero-order valence-corrected chi connectivity index (χ0v) is 41.2. The Bertz CT molecular complexity index is 3130. The van der Waals surface area contributed by atoms with Crippen LogP contribution in [-0.4, -0.2) is 67.8 Å². The Morgan fingerprint density at radius 1 is 0.658 bits per heavy atom. The molecule has 2 N–H and O–H groups in total. The van der Waals surface area contributed by atoms with Crippen molar-refractivity contribution in [3.8, 4) is 23.1 Å². The van der Waals surface area contributed by atoms with E-state index in [2.05, 4.69) is 66.2 Å². The van der Waals surface area contributed by atoms with Crippen molar-refractivity contribution >= 4 is 33.0 Å². The fourth-order valence-corrected chi connectivity index (χ4v) is 7.64. The van der Waals surface area contributed by atoms with Crippen molar-refractivity contribution in [2.24, 2.45) is 0 Å². The number of rotatable bonds is 14. The third kappa shape index (κ3) is 16.6. The molecule has 1 saturated heterocycles. The van der Waals surface area contributed by atoms with Gasteiger partial charge in [0.15, 0.2) is 0 Å². The highest BCUT2D eigenvalue weighted by atomic mass is 79.9. The number of nitrogen functional groups attached to an aromatic ring is 1. The minimum absolute atomic E-state index is 0.0867. The molecule has 0 amide bonds. The summed E-state index contributed by atoms with van der Waals surface area (Å²) >= 11 is 3.25. The summed E-state index contributed by atoms with van der Waals surface area (Å²) in [7, 11) is 0. The van der Waals surface area contributed by atoms with Crippen molar-refractivity contribution in [3.63, 3.8) is 0 Å². The molecule has 0 unspecified atom stereocenters. The number of nitrogens with two attached hydrogens (primary N) is 1. The Labute approximate surface area is 429 Å². The summed E-state index contributed by atoms with van der Waals surface area (Å²) < 4.78 is 17.4. The van der Waals surface area contributed by atoms with Gasteiger partial charge in [-0.1, -0.05) is 76.6 Å². The van der Waals surface area contributed by atoms with Crippen LogP contribution in [0.1, 0.15) is 52.0 Å². The zero-order valence-electron chi connectivity index (χ0n) is 39.6. The number of halogens is 1. The van der Waals surface area contributed by atoms with E-state index in [1.807, 2.05) is 87.2 Å². The molecule has 5 heterocycles. The molecule has 73 heavy (non-hydrogen) atoms. The van der Waals surface area contributed by atoms with Gasteiger partial charge in [-0.05, 0) is 64.2 Å². The quantitative estimate of drug-likeness (QED) is 0.0463. The Morgan fingerprint density at radius 2 is 1.14 bits per heavy atom. The highest BCUT2D eigenvalue weighted by molar-refractivity contribution is 9.08. The van der Waals surface area contributed by atoms with E-state index in [1.54, 1.807) is 61.7 Å². The first-order chi connectivity index (χ1) is 35.6. The molecule has 0 atom stereocenters. The standard InChI is InChI=1S/C27H25N5O2.C10H9N3O2.C10H11N3.C7H6BrNO2/c28-17-23-16-22(5-6-26(23)34-24-8-13-33-14-9-24)25-7-10-30-27(31-25)15-20-1-3-21(4-2-20)18-32-12-11-29-19-32;14-13(15)10-3-1-9(2-4-10)7-12-6-5-11-8-12;11-10-3-1-9(2-4-10)7-13-6-5-12-8-13;8-5-6-1-3-7(4-2-6)9(10)11/h1-7,10-12,16,19,24H,8-9,13-15,18H2;1-6,8H,7H2;1-6,8H,7,11H2;1-4H,5H2. The average molecular weight is 1040 g/mol. The van der Waals surface area contributed by atoms with Gasteiger partial charge in [0.05, 0.1) is 53.3 Å². The van der Waals surface area contributed by atoms with Crippen LogP contribution in [0.25, 0.3) is 11.3 Å². The van der Waals surface area contributed by atoms with Crippen LogP contribution < -0.4 is 10.5 Å². The van der Waals surface area contributed by atoms with E-state index in [-0.39, 0.29) is 17.5 Å². The number of benzene rings is 5. The summed E-state index contributed by atoms with van der Waals surface area (Å²) in [5.74, 6) is 1.35. The predicted molar refractivity (Wildman–Crippen MR) is 280 cm³/mol. The third-order valence-corrected chi connectivity index (χ3v) is 11.8. The maximum Gasteiger partial charge on any atom is 0.269 e. The van der Waals surface area contributed by atoms with Crippen molar-refractivity contribution in [2.75, 3.05) is 18.9 Å². The van der Waals surface area contributed by atoms with Crippen LogP contribution in [0.15, 0.2) is 184 Å².